The van der Waals surface area contributed by atoms with Crippen molar-refractivity contribution in [2.75, 3.05) is 19.8 Å². The van der Waals surface area contributed by atoms with E-state index >= 15 is 0 Å². The number of hydrogen-bond acceptors (Lipinski definition) is 6. The van der Waals surface area contributed by atoms with Crippen molar-refractivity contribution in [3.05, 3.63) is 0 Å². The quantitative estimate of drug-likeness (QED) is 0.0353. The van der Waals surface area contributed by atoms with Crippen LogP contribution in [0.3, 0.4) is 0 Å². The normalized spacial score (nSPS) is 13.6. The second-order valence-corrected chi connectivity index (χ2v) is 22.4. The summed E-state index contributed by atoms with van der Waals surface area (Å²) in [4.78, 5) is 22.9. The maximum Gasteiger partial charge on any atom is 0.472 e. The Hall–Kier alpha value is -0.500. The summed E-state index contributed by atoms with van der Waals surface area (Å²) in [5.41, 5.74) is 5.41. The molecule has 0 aliphatic rings. The van der Waals surface area contributed by atoms with Crippen LogP contribution in [0.2, 0.25) is 0 Å². The lowest BCUT2D eigenvalue weighted by Crippen LogP contribution is -2.46. The van der Waals surface area contributed by atoms with E-state index in [9.17, 15) is 19.4 Å². The van der Waals surface area contributed by atoms with Gasteiger partial charge in [-0.1, -0.05) is 316 Å². The average molecular weight is 972 g/mol. The molecule has 0 aromatic carbocycles. The van der Waals surface area contributed by atoms with Gasteiger partial charge in [0.1, 0.15) is 0 Å². The molecular weight excluding hydrogens is 852 g/mol. The number of unbranched alkanes of at least 4 members (excludes halogenated alkanes) is 46. The third-order valence-corrected chi connectivity index (χ3v) is 15.2. The molecule has 0 saturated carbocycles. The lowest BCUT2D eigenvalue weighted by molar-refractivity contribution is -0.123. The zero-order chi connectivity index (χ0) is 48.8. The van der Waals surface area contributed by atoms with Crippen LogP contribution in [0.5, 0.6) is 0 Å². The number of phosphoric ester groups is 1. The number of carbonyl (C=O) groups is 1. The van der Waals surface area contributed by atoms with Crippen molar-refractivity contribution in [1.82, 2.24) is 5.32 Å². The monoisotopic (exact) mass is 971 g/mol. The maximum atomic E-state index is 12.9. The highest BCUT2D eigenvalue weighted by Crippen LogP contribution is 2.43. The van der Waals surface area contributed by atoms with Crippen LogP contribution in [0.15, 0.2) is 0 Å². The van der Waals surface area contributed by atoms with Crippen LogP contribution in [0.4, 0.5) is 0 Å². The minimum atomic E-state index is -4.32. The van der Waals surface area contributed by atoms with Crippen LogP contribution >= 0.6 is 7.82 Å². The minimum Gasteiger partial charge on any atom is -0.391 e. The van der Waals surface area contributed by atoms with E-state index in [1.54, 1.807) is 0 Å². The van der Waals surface area contributed by atoms with E-state index in [2.05, 4.69) is 19.2 Å². The molecule has 5 N–H and O–H groups in total. The zero-order valence-electron chi connectivity index (χ0n) is 45.2. The Kier molecular flexibility index (Phi) is 54.4. The Bertz CT molecular complexity index is 1020. The number of rotatable bonds is 58. The second-order valence-electron chi connectivity index (χ2n) is 20.9. The van der Waals surface area contributed by atoms with Gasteiger partial charge in [-0.2, -0.15) is 0 Å². The molecule has 402 valence electrons. The van der Waals surface area contributed by atoms with Crippen molar-refractivity contribution >= 4 is 13.7 Å². The first-order chi connectivity index (χ1) is 32.9. The van der Waals surface area contributed by atoms with Crippen molar-refractivity contribution in [1.29, 1.82) is 0 Å². The number of aliphatic hydroxyl groups excluding tert-OH is 1. The molecule has 0 aliphatic heterocycles. The molecule has 0 heterocycles. The number of nitrogens with one attached hydrogen (secondary N) is 1. The molecule has 9 heteroatoms. The summed E-state index contributed by atoms with van der Waals surface area (Å²) in [6, 6.07) is -0.770. The Morgan fingerprint density at radius 2 is 0.687 bits per heavy atom. The van der Waals surface area contributed by atoms with Gasteiger partial charge in [0.05, 0.1) is 25.4 Å². The number of carbonyl (C=O) groups excluding carboxylic acids is 1. The molecular formula is C58H119N2O6P. The number of hydrogen-bond donors (Lipinski definition) is 4. The van der Waals surface area contributed by atoms with Gasteiger partial charge >= 0.3 is 7.82 Å². The Morgan fingerprint density at radius 1 is 0.433 bits per heavy atom. The van der Waals surface area contributed by atoms with Crippen molar-refractivity contribution in [2.45, 2.75) is 347 Å². The van der Waals surface area contributed by atoms with E-state index in [1.165, 1.54) is 270 Å². The molecule has 1 unspecified atom stereocenters. The Balaban J connectivity index is 3.82. The summed E-state index contributed by atoms with van der Waals surface area (Å²) in [7, 11) is -4.32. The van der Waals surface area contributed by atoms with Crippen LogP contribution in [0.25, 0.3) is 0 Å². The molecule has 0 saturated heterocycles. The zero-order valence-corrected chi connectivity index (χ0v) is 46.1. The van der Waals surface area contributed by atoms with Gasteiger partial charge in [-0.05, 0) is 12.8 Å². The lowest BCUT2D eigenvalue weighted by atomic mass is 10.0. The van der Waals surface area contributed by atoms with Gasteiger partial charge < -0.3 is 21.1 Å². The Labute approximate surface area is 418 Å². The summed E-state index contributed by atoms with van der Waals surface area (Å²) in [5.74, 6) is -0.152. The fourth-order valence-corrected chi connectivity index (χ4v) is 10.4. The summed E-state index contributed by atoms with van der Waals surface area (Å²) < 4.78 is 22.3. The first-order valence-corrected chi connectivity index (χ1v) is 31.6. The van der Waals surface area contributed by atoms with Crippen LogP contribution in [0.1, 0.15) is 335 Å². The van der Waals surface area contributed by atoms with Gasteiger partial charge in [-0.15, -0.1) is 0 Å². The summed E-state index contributed by atoms with van der Waals surface area (Å²) in [6.07, 6.45) is 64.5. The van der Waals surface area contributed by atoms with Gasteiger partial charge in [0.2, 0.25) is 5.91 Å². The predicted molar refractivity (Wildman–Crippen MR) is 291 cm³/mol. The highest BCUT2D eigenvalue weighted by Gasteiger charge is 2.27. The third-order valence-electron chi connectivity index (χ3n) is 14.2. The van der Waals surface area contributed by atoms with E-state index in [0.717, 1.165) is 38.5 Å². The van der Waals surface area contributed by atoms with Crippen molar-refractivity contribution < 1.29 is 28.4 Å². The molecule has 0 bridgehead atoms. The van der Waals surface area contributed by atoms with Crippen LogP contribution in [0, 0.1) is 0 Å². The SMILES string of the molecule is CCCCCCCCCCCCCCCCCCCCCCCCCCCCCCCCCC(=O)N[C@@H](COP(=O)(O)OCCN)[C@H](O)CCCCCCCCCCCCCCCCCCC. The van der Waals surface area contributed by atoms with E-state index in [1.807, 2.05) is 0 Å². The minimum absolute atomic E-state index is 0.0930. The molecule has 0 spiro atoms. The van der Waals surface area contributed by atoms with Gasteiger partial charge in [-0.3, -0.25) is 13.8 Å². The summed E-state index contributed by atoms with van der Waals surface area (Å²) >= 11 is 0. The van der Waals surface area contributed by atoms with Gasteiger partial charge in [-0.25, -0.2) is 4.57 Å². The molecule has 0 aromatic heterocycles. The smallest absolute Gasteiger partial charge is 0.391 e. The molecule has 0 aromatic rings. The first-order valence-electron chi connectivity index (χ1n) is 30.2. The van der Waals surface area contributed by atoms with Crippen molar-refractivity contribution in [3.63, 3.8) is 0 Å². The van der Waals surface area contributed by atoms with E-state index in [0.29, 0.717) is 12.8 Å². The molecule has 67 heavy (non-hydrogen) atoms. The predicted octanol–water partition coefficient (Wildman–Crippen LogP) is 18.5. The highest BCUT2D eigenvalue weighted by molar-refractivity contribution is 7.47. The van der Waals surface area contributed by atoms with E-state index < -0.39 is 20.0 Å². The molecule has 1 amide bonds. The molecule has 0 aliphatic carbocycles. The molecule has 0 rings (SSSR count). The number of amides is 1. The fraction of sp³-hybridized carbons (Fsp3) is 0.983. The first kappa shape index (κ1) is 66.5. The van der Waals surface area contributed by atoms with E-state index in [-0.39, 0.29) is 25.7 Å². The van der Waals surface area contributed by atoms with E-state index in [4.69, 9.17) is 14.8 Å². The second kappa shape index (κ2) is 54.8. The van der Waals surface area contributed by atoms with Gasteiger partial charge in [0.25, 0.3) is 0 Å². The highest BCUT2D eigenvalue weighted by atomic mass is 31.2. The molecule has 8 nitrogen and oxygen atoms in total. The largest absolute Gasteiger partial charge is 0.472 e. The summed E-state index contributed by atoms with van der Waals surface area (Å²) in [5, 5.41) is 13.9. The van der Waals surface area contributed by atoms with Crippen molar-refractivity contribution in [2.24, 2.45) is 5.73 Å². The van der Waals surface area contributed by atoms with Crippen LogP contribution in [-0.4, -0.2) is 47.8 Å². The number of phosphoric acid groups is 1. The van der Waals surface area contributed by atoms with Gasteiger partial charge in [0, 0.05) is 13.0 Å². The maximum absolute atomic E-state index is 12.9. The van der Waals surface area contributed by atoms with Crippen LogP contribution in [-0.2, 0) is 18.4 Å². The Morgan fingerprint density at radius 3 is 0.955 bits per heavy atom. The molecule has 3 atom stereocenters. The molecule has 0 radical (unpaired) electrons. The number of nitrogens with two attached hydrogens (primary N) is 1. The van der Waals surface area contributed by atoms with Crippen molar-refractivity contribution in [3.8, 4) is 0 Å². The lowest BCUT2D eigenvalue weighted by Gasteiger charge is -2.25. The topological polar surface area (TPSA) is 131 Å². The third kappa shape index (κ3) is 53.1. The standard InChI is InChI=1S/C58H119N2O6P/c1-3-5-7-9-11-13-15-17-19-21-22-23-24-25-26-27-28-29-30-31-32-33-34-36-38-40-42-44-46-48-50-52-58(62)60-56(55-66-67(63,64)65-54-53-59)57(61)51-49-47-45-43-41-39-37-35-20-18-16-14-12-10-8-6-4-2/h56-57,61H,3-55,59H2,1-2H3,(H,60,62)(H,63,64)/t56-,57+/m0/s1. The number of aliphatic hydroxyl groups is 1. The average Bonchev–Trinajstić information content (AvgIpc) is 3.32. The summed E-state index contributed by atoms with van der Waals surface area (Å²) in [6.45, 7) is 4.28. The fourth-order valence-electron chi connectivity index (χ4n) is 9.67. The van der Waals surface area contributed by atoms with Gasteiger partial charge in [0.15, 0.2) is 0 Å². The molecule has 0 fully saturated rings. The van der Waals surface area contributed by atoms with Crippen LogP contribution < -0.4 is 11.1 Å².